The van der Waals surface area contributed by atoms with Gasteiger partial charge in [0.15, 0.2) is 0 Å². The van der Waals surface area contributed by atoms with Crippen LogP contribution < -0.4 is 0 Å². The number of carbonyl (C=O) groups excluding carboxylic acids is 1. The van der Waals surface area contributed by atoms with Crippen molar-refractivity contribution < 1.29 is 15.0 Å². The van der Waals surface area contributed by atoms with E-state index in [2.05, 4.69) is 0 Å². The van der Waals surface area contributed by atoms with Gasteiger partial charge in [-0.3, -0.25) is 0 Å². The first-order valence-corrected chi connectivity index (χ1v) is 7.07. The Labute approximate surface area is 108 Å². The number of carbonyl (C=O) groups is 1. The summed E-state index contributed by atoms with van der Waals surface area (Å²) in [4.78, 5) is 16.1. The van der Waals surface area contributed by atoms with Gasteiger partial charge in [-0.15, -0.1) is 0 Å². The number of rotatable bonds is 2. The number of aliphatic hydroxyl groups is 2. The molecule has 2 heterocycles. The van der Waals surface area contributed by atoms with Crippen molar-refractivity contribution >= 4 is 6.03 Å². The van der Waals surface area contributed by atoms with E-state index in [0.29, 0.717) is 0 Å². The van der Waals surface area contributed by atoms with E-state index in [1.165, 1.54) is 0 Å². The standard InChI is InChI=1S/C13H24N2O3/c16-9-11-5-1-3-7-14(11)13(18)15-8-4-2-6-12(15)10-17/h11-12,16-17H,1-10H2/t11-,12-/m0/s1. The summed E-state index contributed by atoms with van der Waals surface area (Å²) in [6.07, 6.45) is 5.97. The Balaban J connectivity index is 2.03. The number of hydrogen-bond donors (Lipinski definition) is 2. The van der Waals surface area contributed by atoms with Crippen molar-refractivity contribution in [2.75, 3.05) is 26.3 Å². The van der Waals surface area contributed by atoms with Crippen molar-refractivity contribution in [2.24, 2.45) is 0 Å². The lowest BCUT2D eigenvalue weighted by Gasteiger charge is -2.42. The first kappa shape index (κ1) is 13.6. The molecule has 2 aliphatic heterocycles. The number of aliphatic hydroxyl groups excluding tert-OH is 2. The number of nitrogens with zero attached hydrogens (tertiary/aromatic N) is 2. The van der Waals surface area contributed by atoms with Crippen LogP contribution in [0.15, 0.2) is 0 Å². The Morgan fingerprint density at radius 2 is 1.33 bits per heavy atom. The Kier molecular flexibility index (Phi) is 4.83. The zero-order chi connectivity index (χ0) is 13.0. The number of urea groups is 1. The summed E-state index contributed by atoms with van der Waals surface area (Å²) in [5.41, 5.74) is 0. The first-order valence-electron chi connectivity index (χ1n) is 7.07. The van der Waals surface area contributed by atoms with Gasteiger partial charge >= 0.3 is 6.03 Å². The van der Waals surface area contributed by atoms with Crippen LogP contribution in [0.5, 0.6) is 0 Å². The van der Waals surface area contributed by atoms with Gasteiger partial charge in [-0.05, 0) is 38.5 Å². The van der Waals surface area contributed by atoms with Gasteiger partial charge in [-0.25, -0.2) is 4.79 Å². The molecule has 0 aromatic carbocycles. The lowest BCUT2D eigenvalue weighted by atomic mass is 10.0. The van der Waals surface area contributed by atoms with Crippen LogP contribution in [0.3, 0.4) is 0 Å². The van der Waals surface area contributed by atoms with Gasteiger partial charge in [0.2, 0.25) is 0 Å². The second-order valence-electron chi connectivity index (χ2n) is 5.33. The van der Waals surface area contributed by atoms with Crippen molar-refractivity contribution in [2.45, 2.75) is 50.6 Å². The van der Waals surface area contributed by atoms with Crippen LogP contribution in [0.1, 0.15) is 38.5 Å². The van der Waals surface area contributed by atoms with Gasteiger partial charge in [0.1, 0.15) is 0 Å². The van der Waals surface area contributed by atoms with E-state index in [-0.39, 0.29) is 31.3 Å². The molecule has 0 unspecified atom stereocenters. The fourth-order valence-electron chi connectivity index (χ4n) is 3.05. The minimum Gasteiger partial charge on any atom is -0.394 e. The second-order valence-corrected chi connectivity index (χ2v) is 5.33. The Morgan fingerprint density at radius 3 is 1.72 bits per heavy atom. The first-order chi connectivity index (χ1) is 8.77. The molecule has 0 spiro atoms. The third kappa shape index (κ3) is 2.78. The van der Waals surface area contributed by atoms with Crippen molar-refractivity contribution in [1.82, 2.24) is 9.80 Å². The molecule has 18 heavy (non-hydrogen) atoms. The van der Waals surface area contributed by atoms with E-state index in [1.54, 1.807) is 9.80 Å². The molecule has 0 aliphatic carbocycles. The molecule has 2 aliphatic rings. The topological polar surface area (TPSA) is 64.0 Å². The summed E-state index contributed by atoms with van der Waals surface area (Å²) >= 11 is 0. The van der Waals surface area contributed by atoms with Crippen LogP contribution in [-0.2, 0) is 0 Å². The van der Waals surface area contributed by atoms with Gasteiger partial charge in [0.25, 0.3) is 0 Å². The zero-order valence-electron chi connectivity index (χ0n) is 10.9. The molecule has 2 saturated heterocycles. The van der Waals surface area contributed by atoms with Crippen LogP contribution >= 0.6 is 0 Å². The number of amides is 2. The van der Waals surface area contributed by atoms with Crippen molar-refractivity contribution in [1.29, 1.82) is 0 Å². The molecule has 2 atom stereocenters. The van der Waals surface area contributed by atoms with E-state index in [9.17, 15) is 15.0 Å². The molecule has 2 N–H and O–H groups in total. The quantitative estimate of drug-likeness (QED) is 0.768. The van der Waals surface area contributed by atoms with Gasteiger partial charge in [-0.2, -0.15) is 0 Å². The number of piperidine rings is 2. The summed E-state index contributed by atoms with van der Waals surface area (Å²) in [5.74, 6) is 0. The molecule has 104 valence electrons. The van der Waals surface area contributed by atoms with Crippen LogP contribution in [0, 0.1) is 0 Å². The van der Waals surface area contributed by atoms with E-state index < -0.39 is 0 Å². The van der Waals surface area contributed by atoms with Gasteiger partial charge in [0, 0.05) is 13.1 Å². The van der Waals surface area contributed by atoms with E-state index in [4.69, 9.17) is 0 Å². The largest absolute Gasteiger partial charge is 0.394 e. The summed E-state index contributed by atoms with van der Waals surface area (Å²) in [5, 5.41) is 18.7. The second kappa shape index (κ2) is 6.38. The lowest BCUT2D eigenvalue weighted by Crippen LogP contribution is -2.56. The SMILES string of the molecule is O=C(N1CCCC[C@H]1CO)N1CCCC[C@H]1CO. The van der Waals surface area contributed by atoms with Gasteiger partial charge in [0.05, 0.1) is 25.3 Å². The predicted molar refractivity (Wildman–Crippen MR) is 68.3 cm³/mol. The Hall–Kier alpha value is -0.810. The molecular weight excluding hydrogens is 232 g/mol. The highest BCUT2D eigenvalue weighted by molar-refractivity contribution is 5.75. The fraction of sp³-hybridized carbons (Fsp3) is 0.923. The smallest absolute Gasteiger partial charge is 0.320 e. The fourth-order valence-corrected chi connectivity index (χ4v) is 3.05. The molecular formula is C13H24N2O3. The normalized spacial score (nSPS) is 29.4. The Bertz CT molecular complexity index is 259. The summed E-state index contributed by atoms with van der Waals surface area (Å²) in [6, 6.07) is -0.0625. The average molecular weight is 256 g/mol. The molecule has 2 amide bonds. The summed E-state index contributed by atoms with van der Waals surface area (Å²) < 4.78 is 0. The van der Waals surface area contributed by atoms with Crippen LogP contribution in [0.4, 0.5) is 4.79 Å². The molecule has 2 fully saturated rings. The minimum atomic E-state index is -0.0347. The van der Waals surface area contributed by atoms with Crippen LogP contribution in [-0.4, -0.2) is 64.4 Å². The third-order valence-corrected chi connectivity index (χ3v) is 4.17. The zero-order valence-corrected chi connectivity index (χ0v) is 10.9. The van der Waals surface area contributed by atoms with E-state index in [0.717, 1.165) is 51.6 Å². The van der Waals surface area contributed by atoms with Crippen molar-refractivity contribution in [3.8, 4) is 0 Å². The highest BCUT2D eigenvalue weighted by Crippen LogP contribution is 2.23. The lowest BCUT2D eigenvalue weighted by molar-refractivity contribution is 0.0532. The predicted octanol–water partition coefficient (Wildman–Crippen LogP) is 0.800. The summed E-state index contributed by atoms with van der Waals surface area (Å²) in [7, 11) is 0. The number of likely N-dealkylation sites (tertiary alicyclic amines) is 2. The van der Waals surface area contributed by atoms with E-state index >= 15 is 0 Å². The molecule has 5 nitrogen and oxygen atoms in total. The summed E-state index contributed by atoms with van der Waals surface area (Å²) in [6.45, 7) is 1.56. The molecule has 0 saturated carbocycles. The average Bonchev–Trinajstić information content (AvgIpc) is 2.46. The molecule has 0 aromatic heterocycles. The maximum absolute atomic E-state index is 12.5. The Morgan fingerprint density at radius 1 is 0.889 bits per heavy atom. The number of hydrogen-bond acceptors (Lipinski definition) is 3. The molecule has 0 radical (unpaired) electrons. The molecule has 2 rings (SSSR count). The molecule has 5 heteroatoms. The van der Waals surface area contributed by atoms with Crippen LogP contribution in [0.25, 0.3) is 0 Å². The van der Waals surface area contributed by atoms with E-state index in [1.807, 2.05) is 0 Å². The monoisotopic (exact) mass is 256 g/mol. The third-order valence-electron chi connectivity index (χ3n) is 4.17. The minimum absolute atomic E-state index is 0.00694. The maximum atomic E-state index is 12.5. The highest BCUT2D eigenvalue weighted by Gasteiger charge is 2.33. The van der Waals surface area contributed by atoms with Crippen molar-refractivity contribution in [3.63, 3.8) is 0 Å². The van der Waals surface area contributed by atoms with Crippen molar-refractivity contribution in [3.05, 3.63) is 0 Å². The highest BCUT2D eigenvalue weighted by atomic mass is 16.3. The molecule has 0 bridgehead atoms. The van der Waals surface area contributed by atoms with Gasteiger partial charge < -0.3 is 20.0 Å². The molecule has 0 aromatic rings. The van der Waals surface area contributed by atoms with Crippen LogP contribution in [0.2, 0.25) is 0 Å². The maximum Gasteiger partial charge on any atom is 0.320 e. The van der Waals surface area contributed by atoms with Gasteiger partial charge in [-0.1, -0.05) is 0 Å².